The highest BCUT2D eigenvalue weighted by Gasteiger charge is 2.31. The largest absolute Gasteiger partial charge is 0.480 e. The Labute approximate surface area is 186 Å². The van der Waals surface area contributed by atoms with Gasteiger partial charge in [-0.25, -0.2) is 4.79 Å². The molecule has 13 heteroatoms. The summed E-state index contributed by atoms with van der Waals surface area (Å²) in [4.78, 5) is 60.0. The summed E-state index contributed by atoms with van der Waals surface area (Å²) < 4.78 is 0. The summed E-state index contributed by atoms with van der Waals surface area (Å²) in [6.07, 6.45) is 1.19. The van der Waals surface area contributed by atoms with Crippen molar-refractivity contribution in [3.8, 4) is 0 Å². The molecule has 0 saturated heterocycles. The molecule has 0 rings (SSSR count). The van der Waals surface area contributed by atoms with Crippen LogP contribution < -0.4 is 33.2 Å². The molecule has 0 saturated carbocycles. The number of carbonyl (C=O) groups is 5. The van der Waals surface area contributed by atoms with Crippen molar-refractivity contribution in [3.05, 3.63) is 0 Å². The maximum atomic E-state index is 12.7. The van der Waals surface area contributed by atoms with E-state index in [4.69, 9.17) is 27.4 Å². The summed E-state index contributed by atoms with van der Waals surface area (Å²) >= 11 is 0. The number of aliphatic carboxylic acids is 1. The third kappa shape index (κ3) is 11.6. The molecular weight excluding hydrogens is 424 g/mol. The summed E-state index contributed by atoms with van der Waals surface area (Å²) in [6.45, 7) is 3.15. The Balaban J connectivity index is 5.35. The Bertz CT molecular complexity index is 658. The number of hydrogen-bond acceptors (Lipinski definition) is 8. The molecular formula is C19H36N6O7. The molecule has 0 heterocycles. The quantitative estimate of drug-likeness (QED) is 0.109. The van der Waals surface area contributed by atoms with E-state index in [1.165, 1.54) is 0 Å². The molecule has 0 aliphatic carbocycles. The zero-order valence-electron chi connectivity index (χ0n) is 18.5. The lowest BCUT2D eigenvalue weighted by Gasteiger charge is -2.25. The van der Waals surface area contributed by atoms with Crippen LogP contribution in [0.5, 0.6) is 0 Å². The predicted octanol–water partition coefficient (Wildman–Crippen LogP) is -3.10. The van der Waals surface area contributed by atoms with Crippen molar-refractivity contribution in [3.63, 3.8) is 0 Å². The van der Waals surface area contributed by atoms with Crippen molar-refractivity contribution in [2.24, 2.45) is 23.1 Å². The number of nitrogens with one attached hydrogen (secondary N) is 3. The van der Waals surface area contributed by atoms with E-state index in [1.54, 1.807) is 13.8 Å². The molecule has 0 fully saturated rings. The molecule has 0 aromatic rings. The molecule has 0 aromatic heterocycles. The molecule has 0 aliphatic rings. The molecule has 4 amide bonds. The van der Waals surface area contributed by atoms with Crippen LogP contribution in [0.4, 0.5) is 0 Å². The van der Waals surface area contributed by atoms with Gasteiger partial charge in [-0.3, -0.25) is 19.2 Å². The molecule has 13 nitrogen and oxygen atoms in total. The van der Waals surface area contributed by atoms with E-state index in [2.05, 4.69) is 16.0 Å². The van der Waals surface area contributed by atoms with Gasteiger partial charge >= 0.3 is 5.97 Å². The number of amides is 4. The van der Waals surface area contributed by atoms with Crippen LogP contribution in [0, 0.1) is 5.92 Å². The van der Waals surface area contributed by atoms with Gasteiger partial charge in [0.1, 0.15) is 18.1 Å². The monoisotopic (exact) mass is 460 g/mol. The van der Waals surface area contributed by atoms with E-state index < -0.39 is 66.8 Å². The van der Waals surface area contributed by atoms with Crippen LogP contribution in [0.2, 0.25) is 0 Å². The minimum atomic E-state index is -1.55. The maximum Gasteiger partial charge on any atom is 0.328 e. The topological polar surface area (TPSA) is 240 Å². The number of aliphatic hydroxyl groups excluding tert-OH is 1. The van der Waals surface area contributed by atoms with Crippen LogP contribution in [0.3, 0.4) is 0 Å². The van der Waals surface area contributed by atoms with Crippen molar-refractivity contribution in [1.82, 2.24) is 16.0 Å². The highest BCUT2D eigenvalue weighted by atomic mass is 16.4. The van der Waals surface area contributed by atoms with Gasteiger partial charge in [0.25, 0.3) is 0 Å². The number of rotatable bonds is 16. The fourth-order valence-electron chi connectivity index (χ4n) is 2.76. The fraction of sp³-hybridized carbons (Fsp3) is 0.737. The smallest absolute Gasteiger partial charge is 0.328 e. The molecule has 0 aromatic carbocycles. The number of primary amides is 1. The van der Waals surface area contributed by atoms with Crippen molar-refractivity contribution in [2.45, 2.75) is 70.1 Å². The van der Waals surface area contributed by atoms with E-state index in [9.17, 15) is 24.0 Å². The lowest BCUT2D eigenvalue weighted by Crippen LogP contribution is -2.58. The van der Waals surface area contributed by atoms with Crippen LogP contribution in [-0.2, 0) is 24.0 Å². The van der Waals surface area contributed by atoms with Gasteiger partial charge in [0.2, 0.25) is 23.6 Å². The molecule has 0 aliphatic heterocycles. The van der Waals surface area contributed by atoms with Crippen molar-refractivity contribution in [1.29, 1.82) is 0 Å². The first-order valence-electron chi connectivity index (χ1n) is 10.4. The van der Waals surface area contributed by atoms with Gasteiger partial charge in [-0.2, -0.15) is 0 Å². The first-order chi connectivity index (χ1) is 14.9. The van der Waals surface area contributed by atoms with E-state index in [1.807, 2.05) is 0 Å². The maximum absolute atomic E-state index is 12.7. The predicted molar refractivity (Wildman–Crippen MR) is 115 cm³/mol. The van der Waals surface area contributed by atoms with Gasteiger partial charge in [0, 0.05) is 0 Å². The highest BCUT2D eigenvalue weighted by molar-refractivity contribution is 5.96. The summed E-state index contributed by atoms with van der Waals surface area (Å²) in [5, 5.41) is 25.0. The van der Waals surface area contributed by atoms with Crippen LogP contribution in [0.25, 0.3) is 0 Å². The third-order valence-corrected chi connectivity index (χ3v) is 4.48. The number of aliphatic hydroxyl groups is 1. The molecule has 11 N–H and O–H groups in total. The Kier molecular flexibility index (Phi) is 13.8. The number of carboxylic acid groups (broad SMARTS) is 1. The minimum absolute atomic E-state index is 0.0800. The van der Waals surface area contributed by atoms with Crippen molar-refractivity contribution >= 4 is 29.6 Å². The van der Waals surface area contributed by atoms with Gasteiger partial charge in [0.15, 0.2) is 0 Å². The third-order valence-electron chi connectivity index (χ3n) is 4.48. The first kappa shape index (κ1) is 29.2. The Morgan fingerprint density at radius 1 is 0.875 bits per heavy atom. The molecule has 0 radical (unpaired) electrons. The number of carbonyl (C=O) groups excluding carboxylic acids is 4. The SMILES string of the molecule is CC(C)CC(NC(=O)C(CC(N)=O)NC(=O)C(N)CCCCN)C(=O)NC(CO)C(=O)O. The molecule has 32 heavy (non-hydrogen) atoms. The van der Waals surface area contributed by atoms with Crippen LogP contribution in [0.15, 0.2) is 0 Å². The van der Waals surface area contributed by atoms with E-state index in [-0.39, 0.29) is 12.3 Å². The van der Waals surface area contributed by atoms with Gasteiger partial charge in [-0.15, -0.1) is 0 Å². The van der Waals surface area contributed by atoms with Crippen molar-refractivity contribution in [2.75, 3.05) is 13.2 Å². The molecule has 4 unspecified atom stereocenters. The van der Waals surface area contributed by atoms with Gasteiger partial charge in [0.05, 0.1) is 19.1 Å². The second kappa shape index (κ2) is 15.1. The average Bonchev–Trinajstić information content (AvgIpc) is 2.69. The minimum Gasteiger partial charge on any atom is -0.480 e. The van der Waals surface area contributed by atoms with E-state index >= 15 is 0 Å². The Hall–Kier alpha value is -2.77. The van der Waals surface area contributed by atoms with Gasteiger partial charge in [-0.05, 0) is 31.7 Å². The molecule has 4 atom stereocenters. The Morgan fingerprint density at radius 3 is 1.88 bits per heavy atom. The van der Waals surface area contributed by atoms with Crippen LogP contribution in [-0.4, -0.2) is 77.1 Å². The second-order valence-electron chi connectivity index (χ2n) is 7.90. The zero-order valence-corrected chi connectivity index (χ0v) is 18.5. The zero-order chi connectivity index (χ0) is 24.8. The van der Waals surface area contributed by atoms with Crippen LogP contribution >= 0.6 is 0 Å². The lowest BCUT2D eigenvalue weighted by molar-refractivity contribution is -0.143. The average molecular weight is 461 g/mol. The first-order valence-corrected chi connectivity index (χ1v) is 10.4. The summed E-state index contributed by atoms with van der Waals surface area (Å²) in [6, 6.07) is -5.04. The number of hydrogen-bond donors (Lipinski definition) is 8. The normalized spacial score (nSPS) is 14.7. The van der Waals surface area contributed by atoms with E-state index in [0.717, 1.165) is 0 Å². The van der Waals surface area contributed by atoms with Crippen LogP contribution in [0.1, 0.15) is 46.0 Å². The summed E-state index contributed by atoms with van der Waals surface area (Å²) in [7, 11) is 0. The molecule has 184 valence electrons. The fourth-order valence-corrected chi connectivity index (χ4v) is 2.76. The van der Waals surface area contributed by atoms with Crippen molar-refractivity contribution < 1.29 is 34.2 Å². The molecule has 0 bridgehead atoms. The summed E-state index contributed by atoms with van der Waals surface area (Å²) in [5.74, 6) is -4.75. The number of carboxylic acids is 1. The standard InChI is InChI=1S/C19H36N6O7/c1-10(2)7-12(17(29)25-14(9-26)19(31)32)24-18(30)13(8-15(22)27)23-16(28)11(21)5-3-4-6-20/h10-14,26H,3-9,20-21H2,1-2H3,(H2,22,27)(H,23,28)(H,24,30)(H,25,29)(H,31,32). The Morgan fingerprint density at radius 2 is 1.41 bits per heavy atom. The highest BCUT2D eigenvalue weighted by Crippen LogP contribution is 2.07. The van der Waals surface area contributed by atoms with Gasteiger partial charge in [-0.1, -0.05) is 20.3 Å². The number of nitrogens with two attached hydrogens (primary N) is 3. The molecule has 0 spiro atoms. The summed E-state index contributed by atoms with van der Waals surface area (Å²) in [5.41, 5.74) is 16.4. The van der Waals surface area contributed by atoms with E-state index in [0.29, 0.717) is 25.8 Å². The number of unbranched alkanes of at least 4 members (excludes halogenated alkanes) is 1. The van der Waals surface area contributed by atoms with Gasteiger partial charge < -0.3 is 43.4 Å². The lowest BCUT2D eigenvalue weighted by atomic mass is 10.0. The second-order valence-corrected chi connectivity index (χ2v) is 7.90.